The summed E-state index contributed by atoms with van der Waals surface area (Å²) in [7, 11) is 1.46. The van der Waals surface area contributed by atoms with E-state index in [1.807, 2.05) is 44.2 Å². The summed E-state index contributed by atoms with van der Waals surface area (Å²) in [4.78, 5) is 27.7. The van der Waals surface area contributed by atoms with Crippen molar-refractivity contribution in [2.24, 2.45) is 10.9 Å². The molecule has 0 radical (unpaired) electrons. The van der Waals surface area contributed by atoms with Gasteiger partial charge in [0.25, 0.3) is 0 Å². The number of methoxy groups -OCH3 is 1. The van der Waals surface area contributed by atoms with Crippen molar-refractivity contribution in [3.63, 3.8) is 0 Å². The molecular weight excluding hydrogens is 370 g/mol. The number of hydrogen-bond donors (Lipinski definition) is 1. The molecule has 0 bridgehead atoms. The minimum Gasteiger partial charge on any atom is -0.493 e. The predicted octanol–water partition coefficient (Wildman–Crippen LogP) is 4.23. The van der Waals surface area contributed by atoms with Crippen LogP contribution in [0, 0.1) is 5.92 Å². The van der Waals surface area contributed by atoms with E-state index in [1.54, 1.807) is 24.3 Å². The van der Waals surface area contributed by atoms with Gasteiger partial charge in [0.2, 0.25) is 0 Å². The Bertz CT molecular complexity index is 889. The maximum atomic E-state index is 12.1. The molecule has 0 heterocycles. The van der Waals surface area contributed by atoms with Crippen LogP contribution in [0.1, 0.15) is 31.4 Å². The fraction of sp³-hybridized carbons (Fsp3) is 0.261. The van der Waals surface area contributed by atoms with Gasteiger partial charge in [0.15, 0.2) is 11.5 Å². The standard InChI is InChI=1S/C23H25NO5/c1-4-16(2)22(23(26)27)24-15-18-10-12-19(20(14-18)28-3)29-21(25)13-11-17-8-6-5-7-9-17/h5-16,22H,4H2,1-3H3,(H,26,27)/b13-11?,24-15+. The second kappa shape index (κ2) is 10.8. The van der Waals surface area contributed by atoms with E-state index in [9.17, 15) is 14.7 Å². The van der Waals surface area contributed by atoms with Crippen molar-refractivity contribution in [2.75, 3.05) is 7.11 Å². The van der Waals surface area contributed by atoms with Crippen LogP contribution in [0.3, 0.4) is 0 Å². The van der Waals surface area contributed by atoms with E-state index in [2.05, 4.69) is 4.99 Å². The molecule has 2 aromatic rings. The zero-order valence-electron chi connectivity index (χ0n) is 16.7. The van der Waals surface area contributed by atoms with Crippen molar-refractivity contribution in [2.45, 2.75) is 26.3 Å². The first-order valence-electron chi connectivity index (χ1n) is 9.33. The van der Waals surface area contributed by atoms with E-state index >= 15 is 0 Å². The fourth-order valence-corrected chi connectivity index (χ4v) is 2.56. The zero-order valence-corrected chi connectivity index (χ0v) is 16.7. The van der Waals surface area contributed by atoms with Crippen LogP contribution in [0.25, 0.3) is 6.08 Å². The number of benzene rings is 2. The average molecular weight is 395 g/mol. The summed E-state index contributed by atoms with van der Waals surface area (Å²) in [6.07, 6.45) is 5.21. The van der Waals surface area contributed by atoms with Crippen molar-refractivity contribution in [3.8, 4) is 11.5 Å². The molecule has 0 aliphatic heterocycles. The molecule has 0 spiro atoms. The molecule has 29 heavy (non-hydrogen) atoms. The molecule has 0 saturated heterocycles. The zero-order chi connectivity index (χ0) is 21.2. The Morgan fingerprint density at radius 2 is 1.83 bits per heavy atom. The average Bonchev–Trinajstić information content (AvgIpc) is 2.73. The lowest BCUT2D eigenvalue weighted by molar-refractivity contribution is -0.139. The molecule has 152 valence electrons. The highest BCUT2D eigenvalue weighted by molar-refractivity contribution is 5.89. The first kappa shape index (κ1) is 21.9. The van der Waals surface area contributed by atoms with Gasteiger partial charge in [-0.3, -0.25) is 4.99 Å². The normalized spacial score (nSPS) is 13.3. The summed E-state index contributed by atoms with van der Waals surface area (Å²) in [5, 5.41) is 9.33. The van der Waals surface area contributed by atoms with Crippen LogP contribution >= 0.6 is 0 Å². The Kier molecular flexibility index (Phi) is 8.15. The van der Waals surface area contributed by atoms with Crippen LogP contribution in [0.2, 0.25) is 0 Å². The Balaban J connectivity index is 2.11. The Hall–Kier alpha value is -3.41. The smallest absolute Gasteiger partial charge is 0.336 e. The van der Waals surface area contributed by atoms with Gasteiger partial charge in [0.05, 0.1) is 7.11 Å². The van der Waals surface area contributed by atoms with Gasteiger partial charge in [-0.1, -0.05) is 50.6 Å². The van der Waals surface area contributed by atoms with Gasteiger partial charge in [-0.2, -0.15) is 0 Å². The predicted molar refractivity (Wildman–Crippen MR) is 113 cm³/mol. The van der Waals surface area contributed by atoms with Gasteiger partial charge in [-0.25, -0.2) is 9.59 Å². The third kappa shape index (κ3) is 6.60. The molecular formula is C23H25NO5. The molecule has 0 aromatic heterocycles. The van der Waals surface area contributed by atoms with Crippen LogP contribution in [-0.2, 0) is 9.59 Å². The molecule has 2 unspecified atom stereocenters. The summed E-state index contributed by atoms with van der Waals surface area (Å²) in [5.41, 5.74) is 1.54. The second-order valence-electron chi connectivity index (χ2n) is 6.52. The topological polar surface area (TPSA) is 85.2 Å². The maximum Gasteiger partial charge on any atom is 0.336 e. The van der Waals surface area contributed by atoms with Crippen molar-refractivity contribution in [1.29, 1.82) is 0 Å². The molecule has 0 amide bonds. The third-order valence-electron chi connectivity index (χ3n) is 4.43. The fourth-order valence-electron chi connectivity index (χ4n) is 2.56. The third-order valence-corrected chi connectivity index (χ3v) is 4.43. The van der Waals surface area contributed by atoms with E-state index in [-0.39, 0.29) is 11.7 Å². The number of aliphatic carboxylic acids is 1. The Morgan fingerprint density at radius 1 is 1.10 bits per heavy atom. The van der Waals surface area contributed by atoms with E-state index < -0.39 is 18.0 Å². The van der Waals surface area contributed by atoms with Crippen LogP contribution in [0.4, 0.5) is 0 Å². The van der Waals surface area contributed by atoms with Crippen LogP contribution in [-0.4, -0.2) is 36.4 Å². The van der Waals surface area contributed by atoms with E-state index in [4.69, 9.17) is 9.47 Å². The molecule has 6 nitrogen and oxygen atoms in total. The highest BCUT2D eigenvalue weighted by Crippen LogP contribution is 2.28. The van der Waals surface area contributed by atoms with Gasteiger partial charge in [-0.05, 0) is 41.3 Å². The second-order valence-corrected chi connectivity index (χ2v) is 6.52. The Morgan fingerprint density at radius 3 is 2.45 bits per heavy atom. The number of rotatable bonds is 9. The SMILES string of the molecule is CCC(C)C(/N=C/c1ccc(OC(=O)C=Cc2ccccc2)c(OC)c1)C(=O)O. The quantitative estimate of drug-likeness (QED) is 0.297. The van der Waals surface area contributed by atoms with Gasteiger partial charge in [0.1, 0.15) is 6.04 Å². The molecule has 0 saturated carbocycles. The van der Waals surface area contributed by atoms with E-state index in [1.165, 1.54) is 19.4 Å². The number of nitrogens with zero attached hydrogens (tertiary/aromatic N) is 1. The number of carboxylic acid groups (broad SMARTS) is 1. The molecule has 2 aromatic carbocycles. The molecule has 6 heteroatoms. The first-order valence-corrected chi connectivity index (χ1v) is 9.33. The summed E-state index contributed by atoms with van der Waals surface area (Å²) >= 11 is 0. The first-order chi connectivity index (χ1) is 13.9. The summed E-state index contributed by atoms with van der Waals surface area (Å²) in [5.74, 6) is -0.952. The monoisotopic (exact) mass is 395 g/mol. The lowest BCUT2D eigenvalue weighted by atomic mass is 10.00. The lowest BCUT2D eigenvalue weighted by Crippen LogP contribution is -2.25. The molecule has 2 atom stereocenters. The highest BCUT2D eigenvalue weighted by atomic mass is 16.6. The lowest BCUT2D eigenvalue weighted by Gasteiger charge is -2.14. The number of carboxylic acids is 1. The number of esters is 1. The highest BCUT2D eigenvalue weighted by Gasteiger charge is 2.21. The Labute approximate surface area is 170 Å². The number of carbonyl (C=O) groups is 2. The number of aliphatic imine (C=N–C) groups is 1. The van der Waals surface area contributed by atoms with Crippen molar-refractivity contribution in [1.82, 2.24) is 0 Å². The summed E-state index contributed by atoms with van der Waals surface area (Å²) in [6, 6.07) is 13.5. The van der Waals surface area contributed by atoms with E-state index in [0.29, 0.717) is 17.7 Å². The minimum absolute atomic E-state index is 0.0812. The van der Waals surface area contributed by atoms with Gasteiger partial charge < -0.3 is 14.6 Å². The summed E-state index contributed by atoms with van der Waals surface area (Å²) in [6.45, 7) is 3.77. The van der Waals surface area contributed by atoms with Crippen LogP contribution in [0.15, 0.2) is 59.6 Å². The van der Waals surface area contributed by atoms with Crippen LogP contribution < -0.4 is 9.47 Å². The number of carbonyl (C=O) groups excluding carboxylic acids is 1. The number of hydrogen-bond acceptors (Lipinski definition) is 5. The molecule has 1 N–H and O–H groups in total. The minimum atomic E-state index is -0.960. The van der Waals surface area contributed by atoms with Gasteiger partial charge in [-0.15, -0.1) is 0 Å². The molecule has 0 aliphatic rings. The summed E-state index contributed by atoms with van der Waals surface area (Å²) < 4.78 is 10.6. The van der Waals surface area contributed by atoms with Crippen molar-refractivity contribution < 1.29 is 24.2 Å². The molecule has 0 aliphatic carbocycles. The number of ether oxygens (including phenoxy) is 2. The van der Waals surface area contributed by atoms with Crippen LogP contribution in [0.5, 0.6) is 11.5 Å². The van der Waals surface area contributed by atoms with Gasteiger partial charge in [0, 0.05) is 12.3 Å². The van der Waals surface area contributed by atoms with Crippen molar-refractivity contribution >= 4 is 24.2 Å². The molecule has 0 fully saturated rings. The largest absolute Gasteiger partial charge is 0.493 e. The van der Waals surface area contributed by atoms with E-state index in [0.717, 1.165) is 5.56 Å². The van der Waals surface area contributed by atoms with Crippen molar-refractivity contribution in [3.05, 3.63) is 65.7 Å². The maximum absolute atomic E-state index is 12.1. The molecule has 2 rings (SSSR count). The van der Waals surface area contributed by atoms with Gasteiger partial charge >= 0.3 is 11.9 Å².